The molecule has 67 heavy (non-hydrogen) atoms. The Morgan fingerprint density at radius 2 is 1.16 bits per heavy atom. The van der Waals surface area contributed by atoms with Gasteiger partial charge in [-0.1, -0.05) is 36.4 Å². The number of aromatic amines is 1. The van der Waals surface area contributed by atoms with Gasteiger partial charge in [-0.3, -0.25) is 24.9 Å². The van der Waals surface area contributed by atoms with E-state index in [0.29, 0.717) is 0 Å². The highest BCUT2D eigenvalue weighted by molar-refractivity contribution is 6.16. The van der Waals surface area contributed by atoms with Crippen molar-refractivity contribution in [3.8, 4) is 45.0 Å². The second kappa shape index (κ2) is 13.9. The monoisotopic (exact) mass is 858 g/mol. The zero-order valence-electron chi connectivity index (χ0n) is 36.1. The number of pyridine rings is 5. The van der Waals surface area contributed by atoms with Crippen molar-refractivity contribution in [1.29, 1.82) is 0 Å². The summed E-state index contributed by atoms with van der Waals surface area (Å²) < 4.78 is 4.83. The highest BCUT2D eigenvalue weighted by Crippen LogP contribution is 2.47. The Balaban J connectivity index is 0.934. The van der Waals surface area contributed by atoms with Crippen LogP contribution in [0.2, 0.25) is 0 Å². The van der Waals surface area contributed by atoms with E-state index in [2.05, 4.69) is 134 Å². The van der Waals surface area contributed by atoms with E-state index in [1.54, 1.807) is 0 Å². The van der Waals surface area contributed by atoms with Gasteiger partial charge in [-0.2, -0.15) is 0 Å². The molecule has 1 atom stereocenters. The first-order chi connectivity index (χ1) is 33.2. The van der Waals surface area contributed by atoms with Crippen molar-refractivity contribution in [2.75, 3.05) is 0 Å². The fourth-order valence-electron chi connectivity index (χ4n) is 11.7. The van der Waals surface area contributed by atoms with E-state index in [9.17, 15) is 0 Å². The molecular weight excluding hydrogens is 821 g/mol. The molecule has 0 aliphatic heterocycles. The number of H-pyrrole nitrogens is 1. The number of aromatic nitrogens is 8. The van der Waals surface area contributed by atoms with Gasteiger partial charge in [-0.15, -0.1) is 0 Å². The Hall–Kier alpha value is -8.75. The summed E-state index contributed by atoms with van der Waals surface area (Å²) in [6.07, 6.45) is 18.2. The molecule has 0 spiro atoms. The molecule has 13 aromatic rings. The van der Waals surface area contributed by atoms with Crippen LogP contribution in [0.1, 0.15) is 33.7 Å². The molecule has 8 heterocycles. The van der Waals surface area contributed by atoms with E-state index < -0.39 is 0 Å². The molecule has 2 aliphatic carbocycles. The number of rotatable bonds is 4. The Kier molecular flexibility index (Phi) is 7.58. The molecule has 0 radical (unpaired) electrons. The molecule has 0 amide bonds. The van der Waals surface area contributed by atoms with Gasteiger partial charge in [0.15, 0.2) is 0 Å². The van der Waals surface area contributed by atoms with Crippen molar-refractivity contribution < 1.29 is 0 Å². The first-order valence-corrected chi connectivity index (χ1v) is 23.0. The van der Waals surface area contributed by atoms with Crippen LogP contribution in [0, 0.1) is 0 Å². The number of benzene rings is 5. The fourth-order valence-corrected chi connectivity index (χ4v) is 11.7. The molecule has 314 valence electrons. The molecular formula is C59H38N8. The number of hydrogen-bond donors (Lipinski definition) is 1. The molecule has 8 nitrogen and oxygen atoms in total. The van der Waals surface area contributed by atoms with Crippen molar-refractivity contribution >= 4 is 65.4 Å². The van der Waals surface area contributed by atoms with Gasteiger partial charge in [0.2, 0.25) is 0 Å². The van der Waals surface area contributed by atoms with Gasteiger partial charge in [0.1, 0.15) is 0 Å². The summed E-state index contributed by atoms with van der Waals surface area (Å²) >= 11 is 0. The predicted octanol–water partition coefficient (Wildman–Crippen LogP) is 13.3. The number of fused-ring (bicyclic) bond motifs is 15. The van der Waals surface area contributed by atoms with Crippen molar-refractivity contribution in [2.45, 2.75) is 25.2 Å². The van der Waals surface area contributed by atoms with E-state index in [1.165, 1.54) is 71.5 Å². The Bertz CT molecular complexity index is 4200. The zero-order chi connectivity index (χ0) is 43.7. The van der Waals surface area contributed by atoms with Gasteiger partial charge in [-0.25, -0.2) is 0 Å². The summed E-state index contributed by atoms with van der Waals surface area (Å²) in [5, 5.41) is 7.16. The molecule has 0 saturated carbocycles. The van der Waals surface area contributed by atoms with Gasteiger partial charge in [-0.05, 0) is 166 Å². The van der Waals surface area contributed by atoms with Crippen LogP contribution in [0.4, 0.5) is 0 Å². The SMILES string of the molecule is c1cncc(-n2c3ccc(-c4cc5cccnc5c5ncccc45)cc3c3cc4c(cc32)-c2cc3c(cc2CC4)c2cc(C4Cc5cccnc5-c5ncccc54)ccc2n3-c2cc[nH]c2)c1. The summed E-state index contributed by atoms with van der Waals surface area (Å²) in [5.74, 6) is 0.172. The third-order valence-corrected chi connectivity index (χ3v) is 14.6. The minimum absolute atomic E-state index is 0.172. The van der Waals surface area contributed by atoms with Crippen LogP contribution in [0.5, 0.6) is 0 Å². The van der Waals surface area contributed by atoms with Gasteiger partial charge in [0.05, 0.1) is 62.1 Å². The number of nitrogens with one attached hydrogen (secondary N) is 1. The molecule has 0 bridgehead atoms. The van der Waals surface area contributed by atoms with Gasteiger partial charge in [0.25, 0.3) is 0 Å². The standard InChI is InChI=1S/C59H38N8/c1-6-38-28-44(42-9-4-21-64-58(42)56(38)62-19-1)36-13-15-52-48(24-36)50-26-34-11-12-35-27-51-49-25-37(45-29-39-7-2-20-63-57(39)59-43(45)10-5-22-65-59)14-16-53(49)67(41-17-23-61-33-41)55(51)31-47(35)46(34)30-54(50)66(52)40-8-3-18-60-32-40/h1-10,13-28,30-33,45,61H,11-12,29H2. The highest BCUT2D eigenvalue weighted by atomic mass is 15.0. The molecule has 15 rings (SSSR count). The maximum Gasteiger partial charge on any atom is 0.0970 e. The maximum atomic E-state index is 4.86. The average Bonchev–Trinajstić information content (AvgIpc) is 4.12. The lowest BCUT2D eigenvalue weighted by Crippen LogP contribution is -2.14. The van der Waals surface area contributed by atoms with Crippen molar-refractivity contribution in [1.82, 2.24) is 39.0 Å². The maximum absolute atomic E-state index is 4.86. The van der Waals surface area contributed by atoms with E-state index in [-0.39, 0.29) is 5.92 Å². The second-order valence-electron chi connectivity index (χ2n) is 18.1. The molecule has 0 saturated heterocycles. The lowest BCUT2D eigenvalue weighted by atomic mass is 9.79. The third-order valence-electron chi connectivity index (χ3n) is 14.6. The summed E-state index contributed by atoms with van der Waals surface area (Å²) in [6.45, 7) is 0. The summed E-state index contributed by atoms with van der Waals surface area (Å²) in [5.41, 5.74) is 22.1. The largest absolute Gasteiger partial charge is 0.366 e. The third kappa shape index (κ3) is 5.32. The van der Waals surface area contributed by atoms with Crippen molar-refractivity contribution in [2.24, 2.45) is 0 Å². The van der Waals surface area contributed by atoms with Crippen LogP contribution < -0.4 is 0 Å². The lowest BCUT2D eigenvalue weighted by molar-refractivity contribution is 0.781. The van der Waals surface area contributed by atoms with Crippen molar-refractivity contribution in [3.05, 3.63) is 211 Å². The molecule has 5 aromatic carbocycles. The van der Waals surface area contributed by atoms with Gasteiger partial charge >= 0.3 is 0 Å². The first kappa shape index (κ1) is 36.6. The topological polar surface area (TPSA) is 90.1 Å². The summed E-state index contributed by atoms with van der Waals surface area (Å²) in [4.78, 5) is 27.1. The van der Waals surface area contributed by atoms with Gasteiger partial charge in [0, 0.05) is 81.6 Å². The van der Waals surface area contributed by atoms with E-state index in [0.717, 1.165) is 86.0 Å². The number of aryl methyl sites for hydroxylation is 2. The molecule has 1 N–H and O–H groups in total. The van der Waals surface area contributed by atoms with Crippen LogP contribution in [0.15, 0.2) is 183 Å². The van der Waals surface area contributed by atoms with Crippen LogP contribution in [-0.4, -0.2) is 39.0 Å². The second-order valence-corrected chi connectivity index (χ2v) is 18.1. The Morgan fingerprint density at radius 1 is 0.478 bits per heavy atom. The fraction of sp³-hybridized carbons (Fsp3) is 0.0678. The zero-order valence-corrected chi connectivity index (χ0v) is 36.1. The minimum Gasteiger partial charge on any atom is -0.366 e. The van der Waals surface area contributed by atoms with E-state index >= 15 is 0 Å². The summed E-state index contributed by atoms with van der Waals surface area (Å²) in [7, 11) is 0. The predicted molar refractivity (Wildman–Crippen MR) is 269 cm³/mol. The van der Waals surface area contributed by atoms with Crippen LogP contribution in [0.25, 0.3) is 110 Å². The highest BCUT2D eigenvalue weighted by Gasteiger charge is 2.29. The smallest absolute Gasteiger partial charge is 0.0970 e. The quantitative estimate of drug-likeness (QED) is 0.178. The molecule has 1 unspecified atom stereocenters. The average molecular weight is 859 g/mol. The lowest BCUT2D eigenvalue weighted by Gasteiger charge is -2.26. The summed E-state index contributed by atoms with van der Waals surface area (Å²) in [6, 6.07) is 49.4. The minimum atomic E-state index is 0.172. The normalized spacial score (nSPS) is 14.2. The number of hydrogen-bond acceptors (Lipinski definition) is 5. The Labute approximate surface area is 383 Å². The first-order valence-electron chi connectivity index (χ1n) is 23.0. The van der Waals surface area contributed by atoms with E-state index in [1.807, 2.05) is 67.6 Å². The Morgan fingerprint density at radius 3 is 1.96 bits per heavy atom. The van der Waals surface area contributed by atoms with Gasteiger partial charge < -0.3 is 14.1 Å². The molecule has 8 heteroatoms. The van der Waals surface area contributed by atoms with Crippen LogP contribution in [0.3, 0.4) is 0 Å². The molecule has 2 aliphatic rings. The van der Waals surface area contributed by atoms with Crippen LogP contribution in [-0.2, 0) is 19.3 Å². The molecule has 8 aromatic heterocycles. The molecule has 0 fully saturated rings. The van der Waals surface area contributed by atoms with Crippen molar-refractivity contribution in [3.63, 3.8) is 0 Å². The number of nitrogens with zero attached hydrogens (tertiary/aromatic N) is 7. The van der Waals surface area contributed by atoms with E-state index in [4.69, 9.17) is 19.9 Å². The van der Waals surface area contributed by atoms with Crippen LogP contribution >= 0.6 is 0 Å².